The van der Waals surface area contributed by atoms with Crippen molar-refractivity contribution in [1.29, 1.82) is 5.26 Å². The van der Waals surface area contributed by atoms with Crippen LogP contribution in [0.2, 0.25) is 0 Å². The summed E-state index contributed by atoms with van der Waals surface area (Å²) in [6, 6.07) is 8.43. The Morgan fingerprint density at radius 1 is 1.50 bits per heavy atom. The summed E-state index contributed by atoms with van der Waals surface area (Å²) in [5, 5.41) is 15.2. The molecular weight excluding hydrogens is 258 g/mol. The van der Waals surface area contributed by atoms with Crippen molar-refractivity contribution in [3.8, 4) is 11.8 Å². The number of nitriles is 1. The summed E-state index contributed by atoms with van der Waals surface area (Å²) in [5.41, 5.74) is 0.418. The molecule has 0 spiro atoms. The zero-order chi connectivity index (χ0) is 14.4. The Bertz CT molecular complexity index is 640. The lowest BCUT2D eigenvalue weighted by Crippen LogP contribution is -2.14. The maximum Gasteiger partial charge on any atom is 0.244 e. The predicted octanol–water partition coefficient (Wildman–Crippen LogP) is 1.54. The Hall–Kier alpha value is -3.01. The molecule has 1 atom stereocenters. The van der Waals surface area contributed by atoms with E-state index in [2.05, 4.69) is 20.2 Å². The molecule has 7 nitrogen and oxygen atoms in total. The van der Waals surface area contributed by atoms with E-state index in [9.17, 15) is 4.79 Å². The van der Waals surface area contributed by atoms with E-state index in [0.717, 1.165) is 0 Å². The Labute approximate surface area is 114 Å². The van der Waals surface area contributed by atoms with Crippen molar-refractivity contribution in [2.24, 2.45) is 10.9 Å². The van der Waals surface area contributed by atoms with E-state index in [1.807, 2.05) is 6.07 Å². The van der Waals surface area contributed by atoms with Crippen LogP contribution < -0.4 is 4.74 Å². The molecule has 1 heterocycles. The van der Waals surface area contributed by atoms with Crippen LogP contribution in [-0.4, -0.2) is 34.3 Å². The van der Waals surface area contributed by atoms with Gasteiger partial charge in [0.05, 0.1) is 13.2 Å². The Morgan fingerprint density at radius 2 is 2.25 bits per heavy atom. The van der Waals surface area contributed by atoms with E-state index in [0.29, 0.717) is 11.3 Å². The van der Waals surface area contributed by atoms with Crippen molar-refractivity contribution in [2.45, 2.75) is 0 Å². The predicted molar refractivity (Wildman–Crippen MR) is 71.0 cm³/mol. The zero-order valence-electron chi connectivity index (χ0n) is 10.6. The number of Topliss-reactive ketones (excluding diaryl/α,β-unsaturated/α-hetero) is 1. The van der Waals surface area contributed by atoms with Crippen LogP contribution in [0.4, 0.5) is 5.95 Å². The highest BCUT2D eigenvalue weighted by Crippen LogP contribution is 2.14. The van der Waals surface area contributed by atoms with Crippen LogP contribution in [0.5, 0.6) is 5.75 Å². The normalized spacial score (nSPS) is 12.0. The zero-order valence-corrected chi connectivity index (χ0v) is 10.6. The van der Waals surface area contributed by atoms with E-state index in [4.69, 9.17) is 10.00 Å². The molecule has 1 unspecified atom stereocenters. The van der Waals surface area contributed by atoms with E-state index < -0.39 is 5.92 Å². The van der Waals surface area contributed by atoms with Crippen LogP contribution in [0.1, 0.15) is 10.4 Å². The largest absolute Gasteiger partial charge is 0.497 e. The van der Waals surface area contributed by atoms with E-state index in [1.165, 1.54) is 12.5 Å². The molecule has 0 aliphatic rings. The van der Waals surface area contributed by atoms with Gasteiger partial charge in [0.2, 0.25) is 5.95 Å². The first-order valence-electron chi connectivity index (χ1n) is 5.72. The molecule has 0 aliphatic carbocycles. The third kappa shape index (κ3) is 3.05. The average molecular weight is 269 g/mol. The lowest BCUT2D eigenvalue weighted by molar-refractivity contribution is 0.0976. The number of H-pyrrole nitrogens is 1. The van der Waals surface area contributed by atoms with Gasteiger partial charge in [-0.05, 0) is 24.3 Å². The second-order valence-corrected chi connectivity index (χ2v) is 3.79. The first-order chi connectivity index (χ1) is 9.74. The number of hydrogen-bond acceptors (Lipinski definition) is 6. The number of methoxy groups -OCH3 is 1. The number of carbonyl (C=O) groups excluding carboxylic acids is 1. The van der Waals surface area contributed by atoms with Gasteiger partial charge >= 0.3 is 0 Å². The van der Waals surface area contributed by atoms with Crippen molar-refractivity contribution < 1.29 is 9.53 Å². The summed E-state index contributed by atoms with van der Waals surface area (Å²) in [7, 11) is 1.54. The number of hydrogen-bond donors (Lipinski definition) is 1. The van der Waals surface area contributed by atoms with Gasteiger partial charge < -0.3 is 4.74 Å². The minimum absolute atomic E-state index is 0.243. The number of aliphatic imine (C=N–C) groups is 1. The number of rotatable bonds is 5. The summed E-state index contributed by atoms with van der Waals surface area (Å²) >= 11 is 0. The smallest absolute Gasteiger partial charge is 0.244 e. The molecule has 100 valence electrons. The third-order valence-electron chi connectivity index (χ3n) is 2.54. The molecule has 20 heavy (non-hydrogen) atoms. The highest BCUT2D eigenvalue weighted by atomic mass is 16.5. The van der Waals surface area contributed by atoms with Crippen molar-refractivity contribution in [3.63, 3.8) is 0 Å². The minimum atomic E-state index is -0.978. The third-order valence-corrected chi connectivity index (χ3v) is 2.54. The fourth-order valence-corrected chi connectivity index (χ4v) is 1.50. The molecular formula is C13H11N5O2. The number of aromatic amines is 1. The van der Waals surface area contributed by atoms with E-state index in [1.54, 1.807) is 31.4 Å². The van der Waals surface area contributed by atoms with Crippen molar-refractivity contribution in [3.05, 3.63) is 36.2 Å². The molecule has 7 heteroatoms. The summed E-state index contributed by atoms with van der Waals surface area (Å²) in [6.45, 7) is 0. The van der Waals surface area contributed by atoms with Gasteiger partial charge in [-0.2, -0.15) is 15.3 Å². The molecule has 0 radical (unpaired) electrons. The van der Waals surface area contributed by atoms with Crippen LogP contribution >= 0.6 is 0 Å². The monoisotopic (exact) mass is 269 g/mol. The standard InChI is InChI=1S/C13H11N5O2/c1-20-11-4-2-9(3-5-11)12(19)10(6-14)7-15-13-16-8-17-18-13/h2-5,7-8,10H,1H3,(H,16,17,18)/b15-7+. The van der Waals surface area contributed by atoms with Crippen molar-refractivity contribution >= 4 is 17.9 Å². The highest BCUT2D eigenvalue weighted by molar-refractivity contribution is 6.08. The van der Waals surface area contributed by atoms with Gasteiger partial charge in [-0.3, -0.25) is 4.79 Å². The first-order valence-corrected chi connectivity index (χ1v) is 5.72. The lowest BCUT2D eigenvalue weighted by atomic mass is 10.00. The fraction of sp³-hybridized carbons (Fsp3) is 0.154. The SMILES string of the molecule is COc1ccc(C(=O)C(C#N)/C=N/c2ncn[nH]2)cc1. The number of ketones is 1. The summed E-state index contributed by atoms with van der Waals surface area (Å²) in [6.07, 6.45) is 2.53. The van der Waals surface area contributed by atoms with Crippen molar-refractivity contribution in [1.82, 2.24) is 15.2 Å². The molecule has 0 fully saturated rings. The molecule has 0 amide bonds. The molecule has 2 rings (SSSR count). The number of carbonyl (C=O) groups is 1. The molecule has 0 bridgehead atoms. The van der Waals surface area contributed by atoms with Gasteiger partial charge in [-0.1, -0.05) is 0 Å². The average Bonchev–Trinajstić information content (AvgIpc) is 3.01. The number of ether oxygens (including phenoxy) is 1. The fourth-order valence-electron chi connectivity index (χ4n) is 1.50. The second kappa shape index (κ2) is 6.24. The molecule has 0 saturated heterocycles. The molecule has 2 aromatic rings. The topological polar surface area (TPSA) is 104 Å². The van der Waals surface area contributed by atoms with Crippen LogP contribution in [-0.2, 0) is 0 Å². The second-order valence-electron chi connectivity index (χ2n) is 3.79. The Morgan fingerprint density at radius 3 is 2.80 bits per heavy atom. The number of nitrogens with zero attached hydrogens (tertiary/aromatic N) is 4. The Balaban J connectivity index is 2.14. The van der Waals surface area contributed by atoms with Gasteiger partial charge in [0.1, 0.15) is 18.0 Å². The summed E-state index contributed by atoms with van der Waals surface area (Å²) < 4.78 is 5.01. The number of nitrogens with one attached hydrogen (secondary N) is 1. The minimum Gasteiger partial charge on any atom is -0.497 e. The highest BCUT2D eigenvalue weighted by Gasteiger charge is 2.17. The molecule has 1 N–H and O–H groups in total. The Kier molecular flexibility index (Phi) is 4.19. The van der Waals surface area contributed by atoms with Gasteiger partial charge in [-0.15, -0.1) is 0 Å². The quantitative estimate of drug-likeness (QED) is 0.654. The van der Waals surface area contributed by atoms with Crippen LogP contribution in [0.15, 0.2) is 35.6 Å². The van der Waals surface area contributed by atoms with Gasteiger partial charge in [0.25, 0.3) is 0 Å². The number of benzene rings is 1. The lowest BCUT2D eigenvalue weighted by Gasteiger charge is -2.04. The van der Waals surface area contributed by atoms with Crippen LogP contribution in [0.25, 0.3) is 0 Å². The van der Waals surface area contributed by atoms with Gasteiger partial charge in [0, 0.05) is 11.8 Å². The number of aromatic nitrogens is 3. The maximum atomic E-state index is 12.1. The molecule has 1 aromatic carbocycles. The van der Waals surface area contributed by atoms with Gasteiger partial charge in [0.15, 0.2) is 5.78 Å². The maximum absolute atomic E-state index is 12.1. The first kappa shape index (κ1) is 13.4. The van der Waals surface area contributed by atoms with E-state index >= 15 is 0 Å². The van der Waals surface area contributed by atoms with Crippen LogP contribution in [0, 0.1) is 17.2 Å². The summed E-state index contributed by atoms with van der Waals surface area (Å²) in [5.74, 6) is -0.426. The van der Waals surface area contributed by atoms with Crippen molar-refractivity contribution in [2.75, 3.05) is 7.11 Å². The molecule has 0 saturated carbocycles. The molecule has 0 aliphatic heterocycles. The molecule has 1 aromatic heterocycles. The van der Waals surface area contributed by atoms with Gasteiger partial charge in [-0.25, -0.2) is 10.1 Å². The van der Waals surface area contributed by atoms with E-state index in [-0.39, 0.29) is 11.7 Å². The van der Waals surface area contributed by atoms with Crippen LogP contribution in [0.3, 0.4) is 0 Å². The summed E-state index contributed by atoms with van der Waals surface area (Å²) in [4.78, 5) is 19.8.